The van der Waals surface area contributed by atoms with Crippen molar-refractivity contribution in [2.24, 2.45) is 0 Å². The van der Waals surface area contributed by atoms with Gasteiger partial charge in [-0.3, -0.25) is 4.79 Å². The first-order valence-electron chi connectivity index (χ1n) is 7.52. The number of likely N-dealkylation sites (N-methyl/N-ethyl adjacent to an activating group) is 1. The molecule has 0 radical (unpaired) electrons. The molecule has 0 amide bonds. The lowest BCUT2D eigenvalue weighted by atomic mass is 9.90. The summed E-state index contributed by atoms with van der Waals surface area (Å²) >= 11 is 0. The van der Waals surface area contributed by atoms with Gasteiger partial charge in [-0.2, -0.15) is 0 Å². The number of ether oxygens (including phenoxy) is 2. The molecule has 0 aliphatic carbocycles. The summed E-state index contributed by atoms with van der Waals surface area (Å²) in [5, 5.41) is 0. The van der Waals surface area contributed by atoms with Crippen molar-refractivity contribution in [2.75, 3.05) is 34.9 Å². The number of benzene rings is 2. The van der Waals surface area contributed by atoms with Crippen molar-refractivity contribution < 1.29 is 14.3 Å². The topological polar surface area (TPSA) is 38.8 Å². The van der Waals surface area contributed by atoms with Crippen LogP contribution in [-0.2, 0) is 0 Å². The summed E-state index contributed by atoms with van der Waals surface area (Å²) in [4.78, 5) is 15.0. The van der Waals surface area contributed by atoms with E-state index >= 15 is 0 Å². The molecule has 0 fully saturated rings. The first-order valence-corrected chi connectivity index (χ1v) is 7.52. The number of ketones is 1. The molecule has 4 heteroatoms. The van der Waals surface area contributed by atoms with Crippen LogP contribution in [0.3, 0.4) is 0 Å². The first-order chi connectivity index (χ1) is 11.0. The standard InChI is InChI=1S/C19H23NO3/c1-20(2)13-18(14-5-9-16(22-3)10-6-14)19(21)15-7-11-17(23-4)12-8-15/h5-12,18H,13H2,1-4H3/t18-/m1/s1. The van der Waals surface area contributed by atoms with E-state index in [2.05, 4.69) is 0 Å². The maximum Gasteiger partial charge on any atom is 0.171 e. The minimum atomic E-state index is -0.218. The van der Waals surface area contributed by atoms with Gasteiger partial charge in [-0.15, -0.1) is 0 Å². The van der Waals surface area contributed by atoms with E-state index in [0.29, 0.717) is 12.1 Å². The van der Waals surface area contributed by atoms with E-state index in [4.69, 9.17) is 9.47 Å². The van der Waals surface area contributed by atoms with Crippen LogP contribution in [0.2, 0.25) is 0 Å². The minimum Gasteiger partial charge on any atom is -0.497 e. The molecule has 0 heterocycles. The Bertz CT molecular complexity index is 633. The number of hydrogen-bond acceptors (Lipinski definition) is 4. The molecule has 0 unspecified atom stereocenters. The van der Waals surface area contributed by atoms with Crippen LogP contribution in [-0.4, -0.2) is 45.5 Å². The summed E-state index contributed by atoms with van der Waals surface area (Å²) in [7, 11) is 7.19. The molecule has 0 bridgehead atoms. The van der Waals surface area contributed by atoms with Crippen LogP contribution in [0.5, 0.6) is 11.5 Å². The predicted octanol–water partition coefficient (Wildman–Crippen LogP) is 3.23. The van der Waals surface area contributed by atoms with Crippen LogP contribution in [0.25, 0.3) is 0 Å². The Morgan fingerprint density at radius 3 is 1.83 bits per heavy atom. The molecule has 122 valence electrons. The molecule has 0 saturated heterocycles. The molecule has 2 aromatic rings. The van der Waals surface area contributed by atoms with E-state index in [1.54, 1.807) is 14.2 Å². The highest BCUT2D eigenvalue weighted by Crippen LogP contribution is 2.25. The molecule has 2 aromatic carbocycles. The van der Waals surface area contributed by atoms with Gasteiger partial charge >= 0.3 is 0 Å². The third kappa shape index (κ3) is 4.33. The lowest BCUT2D eigenvalue weighted by Crippen LogP contribution is -2.26. The number of rotatable bonds is 7. The Kier molecular flexibility index (Phi) is 5.77. The number of nitrogens with zero attached hydrogens (tertiary/aromatic N) is 1. The molecule has 4 nitrogen and oxygen atoms in total. The van der Waals surface area contributed by atoms with Crippen molar-refractivity contribution in [1.82, 2.24) is 4.90 Å². The van der Waals surface area contributed by atoms with Gasteiger partial charge in [0.25, 0.3) is 0 Å². The zero-order chi connectivity index (χ0) is 16.8. The molecule has 0 spiro atoms. The summed E-state index contributed by atoms with van der Waals surface area (Å²) in [6.07, 6.45) is 0. The molecule has 0 aliphatic heterocycles. The van der Waals surface area contributed by atoms with Crippen LogP contribution in [0.15, 0.2) is 48.5 Å². The van der Waals surface area contributed by atoms with Gasteiger partial charge in [-0.05, 0) is 56.1 Å². The quantitative estimate of drug-likeness (QED) is 0.736. The molecule has 0 aromatic heterocycles. The van der Waals surface area contributed by atoms with Crippen LogP contribution in [0, 0.1) is 0 Å². The number of methoxy groups -OCH3 is 2. The lowest BCUT2D eigenvalue weighted by Gasteiger charge is -2.21. The summed E-state index contributed by atoms with van der Waals surface area (Å²) in [5.74, 6) is 1.42. The summed E-state index contributed by atoms with van der Waals surface area (Å²) in [6.45, 7) is 0.650. The fourth-order valence-electron chi connectivity index (χ4n) is 2.50. The van der Waals surface area contributed by atoms with Crippen LogP contribution < -0.4 is 9.47 Å². The maximum atomic E-state index is 12.9. The second-order valence-electron chi connectivity index (χ2n) is 5.68. The lowest BCUT2D eigenvalue weighted by molar-refractivity contribution is 0.0944. The predicted molar refractivity (Wildman–Crippen MR) is 91.6 cm³/mol. The number of carbonyl (C=O) groups is 1. The van der Waals surface area contributed by atoms with Crippen molar-refractivity contribution in [2.45, 2.75) is 5.92 Å². The molecule has 0 aliphatic rings. The zero-order valence-electron chi connectivity index (χ0n) is 14.1. The van der Waals surface area contributed by atoms with E-state index in [-0.39, 0.29) is 11.7 Å². The molecule has 1 atom stereocenters. The van der Waals surface area contributed by atoms with Crippen molar-refractivity contribution in [3.63, 3.8) is 0 Å². The Balaban J connectivity index is 2.30. The van der Waals surface area contributed by atoms with E-state index in [1.165, 1.54) is 0 Å². The van der Waals surface area contributed by atoms with Gasteiger partial charge in [-0.25, -0.2) is 0 Å². The molecule has 0 N–H and O–H groups in total. The Morgan fingerprint density at radius 2 is 1.39 bits per heavy atom. The van der Waals surface area contributed by atoms with E-state index < -0.39 is 0 Å². The summed E-state index contributed by atoms with van der Waals surface area (Å²) in [5.41, 5.74) is 1.67. The fraction of sp³-hybridized carbons (Fsp3) is 0.316. The largest absolute Gasteiger partial charge is 0.497 e. The smallest absolute Gasteiger partial charge is 0.171 e. The van der Waals surface area contributed by atoms with Crippen molar-refractivity contribution in [3.05, 3.63) is 59.7 Å². The van der Waals surface area contributed by atoms with Crippen LogP contribution in [0.4, 0.5) is 0 Å². The van der Waals surface area contributed by atoms with Gasteiger partial charge < -0.3 is 14.4 Å². The van der Waals surface area contributed by atoms with E-state index in [0.717, 1.165) is 17.1 Å². The Morgan fingerprint density at radius 1 is 0.913 bits per heavy atom. The van der Waals surface area contributed by atoms with E-state index in [9.17, 15) is 4.79 Å². The second kappa shape index (κ2) is 7.79. The Labute approximate surface area is 137 Å². The zero-order valence-corrected chi connectivity index (χ0v) is 14.1. The SMILES string of the molecule is COc1ccc(C(=O)[C@H](CN(C)C)c2ccc(OC)cc2)cc1. The minimum absolute atomic E-state index is 0.103. The average Bonchev–Trinajstić information content (AvgIpc) is 2.59. The highest BCUT2D eigenvalue weighted by atomic mass is 16.5. The maximum absolute atomic E-state index is 12.9. The van der Waals surface area contributed by atoms with Crippen LogP contribution >= 0.6 is 0 Å². The summed E-state index contributed by atoms with van der Waals surface area (Å²) < 4.78 is 10.3. The van der Waals surface area contributed by atoms with Gasteiger partial charge in [0.1, 0.15) is 11.5 Å². The van der Waals surface area contributed by atoms with Gasteiger partial charge in [-0.1, -0.05) is 12.1 Å². The van der Waals surface area contributed by atoms with Crippen molar-refractivity contribution in [1.29, 1.82) is 0 Å². The van der Waals surface area contributed by atoms with Gasteiger partial charge in [0.15, 0.2) is 5.78 Å². The number of hydrogen-bond donors (Lipinski definition) is 0. The molecular weight excluding hydrogens is 290 g/mol. The van der Waals surface area contributed by atoms with Gasteiger partial charge in [0.2, 0.25) is 0 Å². The third-order valence-corrected chi connectivity index (χ3v) is 3.76. The van der Waals surface area contributed by atoms with Gasteiger partial charge in [0.05, 0.1) is 20.1 Å². The highest BCUT2D eigenvalue weighted by molar-refractivity contribution is 6.01. The monoisotopic (exact) mass is 313 g/mol. The van der Waals surface area contributed by atoms with Gasteiger partial charge in [0, 0.05) is 12.1 Å². The molecule has 23 heavy (non-hydrogen) atoms. The molecule has 0 saturated carbocycles. The van der Waals surface area contributed by atoms with E-state index in [1.807, 2.05) is 67.5 Å². The van der Waals surface area contributed by atoms with Crippen molar-refractivity contribution >= 4 is 5.78 Å². The summed E-state index contributed by atoms with van der Waals surface area (Å²) in [6, 6.07) is 14.9. The third-order valence-electron chi connectivity index (χ3n) is 3.76. The molecule has 2 rings (SSSR count). The highest BCUT2D eigenvalue weighted by Gasteiger charge is 2.23. The first kappa shape index (κ1) is 17.0. The number of carbonyl (C=O) groups excluding carboxylic acids is 1. The normalized spacial score (nSPS) is 12.0. The van der Waals surface area contributed by atoms with Crippen LogP contribution in [0.1, 0.15) is 21.8 Å². The fourth-order valence-corrected chi connectivity index (χ4v) is 2.50. The number of Topliss-reactive ketones (excluding diaryl/α,β-unsaturated/α-hetero) is 1. The Hall–Kier alpha value is -2.33. The second-order valence-corrected chi connectivity index (χ2v) is 5.68. The van der Waals surface area contributed by atoms with Crippen molar-refractivity contribution in [3.8, 4) is 11.5 Å². The average molecular weight is 313 g/mol. The molecular formula is C19H23NO3.